The lowest BCUT2D eigenvalue weighted by Gasteiger charge is -2.31. The number of hydrogen-bond donors (Lipinski definition) is 2. The smallest absolute Gasteiger partial charge is 0.191 e. The number of likely N-dealkylation sites (tertiary alicyclic amines) is 1. The monoisotopic (exact) mass is 434 g/mol. The van der Waals surface area contributed by atoms with Gasteiger partial charge in [0.15, 0.2) is 17.5 Å². The summed E-state index contributed by atoms with van der Waals surface area (Å²) in [4.78, 5) is 7.28. The minimum atomic E-state index is -0.297. The van der Waals surface area contributed by atoms with Gasteiger partial charge >= 0.3 is 0 Å². The van der Waals surface area contributed by atoms with Crippen molar-refractivity contribution in [2.24, 2.45) is 16.8 Å². The Morgan fingerprint density at radius 2 is 2.00 bits per heavy atom. The Morgan fingerprint density at radius 3 is 2.65 bits per heavy atom. The van der Waals surface area contributed by atoms with Crippen molar-refractivity contribution in [3.05, 3.63) is 29.6 Å². The molecule has 1 aromatic rings. The van der Waals surface area contributed by atoms with Gasteiger partial charge in [-0.2, -0.15) is 0 Å². The first-order valence-electron chi connectivity index (χ1n) is 11.8. The molecule has 0 spiro atoms. The van der Waals surface area contributed by atoms with E-state index in [-0.39, 0.29) is 11.9 Å². The van der Waals surface area contributed by atoms with E-state index in [4.69, 9.17) is 14.5 Å². The highest BCUT2D eigenvalue weighted by molar-refractivity contribution is 5.80. The third-order valence-electron chi connectivity index (χ3n) is 6.15. The number of methoxy groups -OCH3 is 1. The van der Waals surface area contributed by atoms with Gasteiger partial charge < -0.3 is 25.0 Å². The standard InChI is InChI=1S/C24H39FN4O2/c1-4-26-24(27-16-19-9-11-29(12-10-19)13-14-30-3)28-18(2)21-7-8-23(22(25)15-21)31-17-20-5-6-20/h7-8,15,18-20H,4-6,9-14,16-17H2,1-3H3,(H2,26,27,28). The summed E-state index contributed by atoms with van der Waals surface area (Å²) >= 11 is 0. The quantitative estimate of drug-likeness (QED) is 0.412. The van der Waals surface area contributed by atoms with Gasteiger partial charge in [-0.15, -0.1) is 0 Å². The van der Waals surface area contributed by atoms with Gasteiger partial charge in [0.2, 0.25) is 0 Å². The molecule has 1 aliphatic carbocycles. The van der Waals surface area contributed by atoms with Crippen molar-refractivity contribution in [1.29, 1.82) is 0 Å². The predicted octanol–water partition coefficient (Wildman–Crippen LogP) is 3.59. The highest BCUT2D eigenvalue weighted by Crippen LogP contribution is 2.30. The van der Waals surface area contributed by atoms with E-state index >= 15 is 0 Å². The number of benzene rings is 1. The number of aliphatic imine (C=N–C) groups is 1. The molecule has 2 fully saturated rings. The predicted molar refractivity (Wildman–Crippen MR) is 123 cm³/mol. The van der Waals surface area contributed by atoms with E-state index in [1.165, 1.54) is 12.8 Å². The Labute approximate surface area is 186 Å². The zero-order valence-electron chi connectivity index (χ0n) is 19.3. The van der Waals surface area contributed by atoms with E-state index in [1.54, 1.807) is 19.2 Å². The molecule has 1 unspecified atom stereocenters. The molecule has 6 nitrogen and oxygen atoms in total. The van der Waals surface area contributed by atoms with Crippen LogP contribution in [-0.2, 0) is 4.74 Å². The molecule has 3 rings (SSSR count). The molecule has 1 atom stereocenters. The summed E-state index contributed by atoms with van der Waals surface area (Å²) in [5.41, 5.74) is 0.883. The molecule has 2 N–H and O–H groups in total. The fourth-order valence-corrected chi connectivity index (χ4v) is 3.84. The number of halogens is 1. The lowest BCUT2D eigenvalue weighted by atomic mass is 9.97. The first-order valence-corrected chi connectivity index (χ1v) is 11.8. The van der Waals surface area contributed by atoms with Crippen molar-refractivity contribution in [3.8, 4) is 5.75 Å². The molecular weight excluding hydrogens is 395 g/mol. The summed E-state index contributed by atoms with van der Waals surface area (Å²) in [6, 6.07) is 5.19. The van der Waals surface area contributed by atoms with Gasteiger partial charge in [-0.3, -0.25) is 4.99 Å². The van der Waals surface area contributed by atoms with Crippen LogP contribution in [0.5, 0.6) is 5.75 Å². The molecule has 2 aliphatic rings. The largest absolute Gasteiger partial charge is 0.490 e. The van der Waals surface area contributed by atoms with Crippen LogP contribution in [0.3, 0.4) is 0 Å². The first kappa shape index (κ1) is 23.8. The average Bonchev–Trinajstić information content (AvgIpc) is 3.60. The van der Waals surface area contributed by atoms with Crippen molar-refractivity contribution >= 4 is 5.96 Å². The van der Waals surface area contributed by atoms with E-state index in [2.05, 4.69) is 22.5 Å². The second-order valence-corrected chi connectivity index (χ2v) is 8.81. The summed E-state index contributed by atoms with van der Waals surface area (Å²) in [6.07, 6.45) is 4.71. The SMILES string of the molecule is CCNC(=NCC1CCN(CCOC)CC1)NC(C)c1ccc(OCC2CC2)c(F)c1. The Morgan fingerprint density at radius 1 is 1.23 bits per heavy atom. The summed E-state index contributed by atoms with van der Waals surface area (Å²) < 4.78 is 25.2. The van der Waals surface area contributed by atoms with Crippen LogP contribution in [-0.4, -0.2) is 63.9 Å². The maximum absolute atomic E-state index is 14.5. The minimum absolute atomic E-state index is 0.0549. The van der Waals surface area contributed by atoms with Crippen molar-refractivity contribution < 1.29 is 13.9 Å². The second-order valence-electron chi connectivity index (χ2n) is 8.81. The van der Waals surface area contributed by atoms with E-state index in [9.17, 15) is 4.39 Å². The normalized spacial score (nSPS) is 19.3. The number of nitrogens with one attached hydrogen (secondary N) is 2. The van der Waals surface area contributed by atoms with Crippen molar-refractivity contribution in [2.75, 3.05) is 53.0 Å². The minimum Gasteiger partial charge on any atom is -0.490 e. The highest BCUT2D eigenvalue weighted by Gasteiger charge is 2.23. The van der Waals surface area contributed by atoms with Crippen LogP contribution in [0.25, 0.3) is 0 Å². The van der Waals surface area contributed by atoms with Gasteiger partial charge in [-0.1, -0.05) is 6.07 Å². The topological polar surface area (TPSA) is 58.1 Å². The van der Waals surface area contributed by atoms with E-state index in [1.807, 2.05) is 13.0 Å². The van der Waals surface area contributed by atoms with E-state index < -0.39 is 0 Å². The van der Waals surface area contributed by atoms with Crippen LogP contribution < -0.4 is 15.4 Å². The first-order chi connectivity index (χ1) is 15.1. The number of rotatable bonds is 11. The summed E-state index contributed by atoms with van der Waals surface area (Å²) in [6.45, 7) is 10.3. The molecule has 0 radical (unpaired) electrons. The van der Waals surface area contributed by atoms with Gasteiger partial charge in [0, 0.05) is 26.7 Å². The fourth-order valence-electron chi connectivity index (χ4n) is 3.84. The van der Waals surface area contributed by atoms with Crippen LogP contribution in [0.1, 0.15) is 51.1 Å². The zero-order valence-corrected chi connectivity index (χ0v) is 19.3. The molecule has 31 heavy (non-hydrogen) atoms. The number of piperidine rings is 1. The van der Waals surface area contributed by atoms with Crippen molar-refractivity contribution in [2.45, 2.75) is 45.6 Å². The lowest BCUT2D eigenvalue weighted by Crippen LogP contribution is -2.40. The Kier molecular flexibility index (Phi) is 9.40. The summed E-state index contributed by atoms with van der Waals surface area (Å²) in [7, 11) is 1.75. The highest BCUT2D eigenvalue weighted by atomic mass is 19.1. The second kappa shape index (κ2) is 12.2. The third kappa shape index (κ3) is 7.96. The van der Waals surface area contributed by atoms with Gasteiger partial charge in [-0.05, 0) is 82.2 Å². The van der Waals surface area contributed by atoms with Gasteiger partial charge in [0.05, 0.1) is 19.3 Å². The van der Waals surface area contributed by atoms with Crippen LogP contribution in [0.15, 0.2) is 23.2 Å². The lowest BCUT2D eigenvalue weighted by molar-refractivity contribution is 0.121. The molecule has 7 heteroatoms. The fraction of sp³-hybridized carbons (Fsp3) is 0.708. The molecule has 174 valence electrons. The molecule has 0 bridgehead atoms. The molecule has 0 aromatic heterocycles. The van der Waals surface area contributed by atoms with Crippen LogP contribution >= 0.6 is 0 Å². The van der Waals surface area contributed by atoms with E-state index in [0.29, 0.717) is 24.2 Å². The molecule has 0 amide bonds. The molecule has 1 saturated heterocycles. The molecule has 1 aromatic carbocycles. The number of guanidine groups is 1. The molecule has 1 aliphatic heterocycles. The Bertz CT molecular complexity index is 703. The Balaban J connectivity index is 1.49. The molecular formula is C24H39FN4O2. The number of hydrogen-bond acceptors (Lipinski definition) is 4. The number of nitrogens with zero attached hydrogens (tertiary/aromatic N) is 2. The van der Waals surface area contributed by atoms with Gasteiger partial charge in [-0.25, -0.2) is 4.39 Å². The maximum Gasteiger partial charge on any atom is 0.191 e. The maximum atomic E-state index is 14.5. The number of ether oxygens (including phenoxy) is 2. The van der Waals surface area contributed by atoms with E-state index in [0.717, 1.165) is 63.7 Å². The third-order valence-corrected chi connectivity index (χ3v) is 6.15. The van der Waals surface area contributed by atoms with Gasteiger partial charge in [0.1, 0.15) is 0 Å². The van der Waals surface area contributed by atoms with Crippen molar-refractivity contribution in [3.63, 3.8) is 0 Å². The zero-order chi connectivity index (χ0) is 22.1. The summed E-state index contributed by atoms with van der Waals surface area (Å²) in [5, 5.41) is 6.74. The summed E-state index contributed by atoms with van der Waals surface area (Å²) in [5.74, 6) is 2.04. The molecule has 1 saturated carbocycles. The van der Waals surface area contributed by atoms with Gasteiger partial charge in [0.25, 0.3) is 0 Å². The van der Waals surface area contributed by atoms with Crippen molar-refractivity contribution in [1.82, 2.24) is 15.5 Å². The molecule has 1 heterocycles. The van der Waals surface area contributed by atoms with Crippen LogP contribution in [0.2, 0.25) is 0 Å². The van der Waals surface area contributed by atoms with Crippen LogP contribution in [0.4, 0.5) is 4.39 Å². The average molecular weight is 435 g/mol. The Hall–Kier alpha value is -1.86. The van der Waals surface area contributed by atoms with Crippen LogP contribution in [0, 0.1) is 17.7 Å².